The van der Waals surface area contributed by atoms with Gasteiger partial charge in [-0.3, -0.25) is 0 Å². The minimum Gasteiger partial charge on any atom is -0.231 e. The zero-order chi connectivity index (χ0) is 13.5. The topological polar surface area (TPSA) is 25.8 Å². The molecule has 0 N–H and O–H groups in total. The molecule has 0 unspecified atom stereocenters. The number of aromatic nitrogens is 2. The van der Waals surface area contributed by atoms with Crippen LogP contribution in [0, 0.1) is 0 Å². The molecule has 2 aromatic heterocycles. The fraction of sp³-hybridized carbons (Fsp3) is 0.333. The zero-order valence-electron chi connectivity index (χ0n) is 10.1. The van der Waals surface area contributed by atoms with Gasteiger partial charge in [0.2, 0.25) is 0 Å². The molecule has 18 heavy (non-hydrogen) atoms. The van der Waals surface area contributed by atoms with E-state index in [0.717, 1.165) is 19.5 Å². The molecule has 0 saturated carbocycles. The minimum atomic E-state index is -0.0899. The summed E-state index contributed by atoms with van der Waals surface area (Å²) < 4.78 is 1.83. The van der Waals surface area contributed by atoms with Crippen molar-refractivity contribution in [3.8, 4) is 11.4 Å². The lowest BCUT2D eigenvalue weighted by Crippen LogP contribution is -2.16. The van der Waals surface area contributed by atoms with Crippen LogP contribution in [0.3, 0.4) is 0 Å². The molecule has 96 valence electrons. The number of nitrogens with zero attached hydrogens (tertiary/aromatic N) is 2. The van der Waals surface area contributed by atoms with E-state index in [1.165, 1.54) is 0 Å². The molecule has 0 aromatic carbocycles. The van der Waals surface area contributed by atoms with Gasteiger partial charge in [0.15, 0.2) is 5.82 Å². The summed E-state index contributed by atoms with van der Waals surface area (Å²) in [6, 6.07) is 2.00. The highest BCUT2D eigenvalue weighted by Gasteiger charge is 2.23. The Morgan fingerprint density at radius 1 is 1.22 bits per heavy atom. The number of hydrogen-bond donors (Lipinski definition) is 0. The van der Waals surface area contributed by atoms with Crippen molar-refractivity contribution in [1.29, 1.82) is 0 Å². The molecule has 0 aliphatic heterocycles. The van der Waals surface area contributed by atoms with Crippen LogP contribution in [0.25, 0.3) is 11.4 Å². The molecule has 0 atom stereocenters. The highest BCUT2D eigenvalue weighted by Crippen LogP contribution is 2.35. The molecular weight excluding hydrogens is 399 g/mol. The summed E-state index contributed by atoms with van der Waals surface area (Å²) in [5.74, 6) is 0.662. The lowest BCUT2D eigenvalue weighted by molar-refractivity contribution is 0.564. The summed E-state index contributed by atoms with van der Waals surface area (Å²) in [6.45, 7) is 6.30. The van der Waals surface area contributed by atoms with E-state index in [9.17, 15) is 0 Å². The van der Waals surface area contributed by atoms with Crippen LogP contribution in [-0.2, 0) is 5.41 Å². The molecule has 0 fully saturated rings. The lowest BCUT2D eigenvalue weighted by atomic mass is 9.92. The third kappa shape index (κ3) is 2.95. The predicted molar refractivity (Wildman–Crippen MR) is 84.5 cm³/mol. The van der Waals surface area contributed by atoms with Crippen molar-refractivity contribution in [3.05, 3.63) is 30.6 Å². The first-order valence-corrected chi connectivity index (χ1v) is 8.11. The Balaban J connectivity index is 2.61. The molecule has 0 spiro atoms. The summed E-state index contributed by atoms with van der Waals surface area (Å²) in [5.41, 5.74) is 1.81. The summed E-state index contributed by atoms with van der Waals surface area (Å²) in [5, 5.41) is 2.46. The predicted octanol–water partition coefficient (Wildman–Crippen LogP) is 5.68. The van der Waals surface area contributed by atoms with Crippen molar-refractivity contribution in [3.63, 3.8) is 0 Å². The Labute approximate surface area is 132 Å². The van der Waals surface area contributed by atoms with Crippen LogP contribution in [0.5, 0.6) is 0 Å². The first kappa shape index (κ1) is 14.4. The second-order valence-electron chi connectivity index (χ2n) is 4.89. The van der Waals surface area contributed by atoms with Gasteiger partial charge in [-0.1, -0.05) is 32.4 Å². The molecule has 2 nitrogen and oxygen atoms in total. The van der Waals surface area contributed by atoms with Crippen LogP contribution in [0.2, 0.25) is 5.15 Å². The third-order valence-electron chi connectivity index (χ3n) is 2.35. The van der Waals surface area contributed by atoms with Gasteiger partial charge >= 0.3 is 0 Å². The first-order valence-electron chi connectivity index (χ1n) is 5.27. The largest absolute Gasteiger partial charge is 0.231 e. The molecule has 0 amide bonds. The molecule has 6 heteroatoms. The fourth-order valence-electron chi connectivity index (χ4n) is 1.47. The van der Waals surface area contributed by atoms with E-state index >= 15 is 0 Å². The van der Waals surface area contributed by atoms with E-state index in [-0.39, 0.29) is 5.41 Å². The van der Waals surface area contributed by atoms with Crippen molar-refractivity contribution in [2.75, 3.05) is 0 Å². The molecule has 2 rings (SSSR count). The van der Waals surface area contributed by atoms with E-state index < -0.39 is 0 Å². The van der Waals surface area contributed by atoms with Gasteiger partial charge in [0.1, 0.15) is 5.15 Å². The van der Waals surface area contributed by atoms with Gasteiger partial charge in [0, 0.05) is 16.4 Å². The van der Waals surface area contributed by atoms with Crippen LogP contribution < -0.4 is 0 Å². The van der Waals surface area contributed by atoms with Gasteiger partial charge in [0.25, 0.3) is 0 Å². The second kappa shape index (κ2) is 5.19. The SMILES string of the molecule is CC(C)(C)c1nc(-c2csc(Br)c2)nc(Cl)c1Br. The maximum absolute atomic E-state index is 6.18. The van der Waals surface area contributed by atoms with E-state index in [1.54, 1.807) is 11.3 Å². The second-order valence-corrected chi connectivity index (χ2v) is 8.33. The number of rotatable bonds is 1. The molecule has 0 aliphatic rings. The highest BCUT2D eigenvalue weighted by molar-refractivity contribution is 9.11. The lowest BCUT2D eigenvalue weighted by Gasteiger charge is -2.20. The molecule has 0 radical (unpaired) electrons. The Morgan fingerprint density at radius 2 is 1.89 bits per heavy atom. The van der Waals surface area contributed by atoms with Gasteiger partial charge < -0.3 is 0 Å². The quantitative estimate of drug-likeness (QED) is 0.565. The van der Waals surface area contributed by atoms with Gasteiger partial charge in [-0.15, -0.1) is 11.3 Å². The average Bonchev–Trinajstić information content (AvgIpc) is 2.67. The number of hydrogen-bond acceptors (Lipinski definition) is 3. The van der Waals surface area contributed by atoms with Crippen molar-refractivity contribution >= 4 is 54.8 Å². The van der Waals surface area contributed by atoms with E-state index in [1.807, 2.05) is 11.4 Å². The minimum absolute atomic E-state index is 0.0899. The summed E-state index contributed by atoms with van der Waals surface area (Å²) in [6.07, 6.45) is 0. The van der Waals surface area contributed by atoms with E-state index in [4.69, 9.17) is 11.6 Å². The number of thiophene rings is 1. The maximum Gasteiger partial charge on any atom is 0.162 e. The smallest absolute Gasteiger partial charge is 0.162 e. The molecule has 0 aliphatic carbocycles. The first-order chi connectivity index (χ1) is 8.29. The molecule has 0 bridgehead atoms. The Morgan fingerprint density at radius 3 is 2.39 bits per heavy atom. The average molecular weight is 411 g/mol. The van der Waals surface area contributed by atoms with Crippen LogP contribution in [-0.4, -0.2) is 9.97 Å². The molecular formula is C12H11Br2ClN2S. The van der Waals surface area contributed by atoms with Gasteiger partial charge in [-0.05, 0) is 37.9 Å². The van der Waals surface area contributed by atoms with Gasteiger partial charge in [-0.25, -0.2) is 9.97 Å². The summed E-state index contributed by atoms with van der Waals surface area (Å²) in [7, 11) is 0. The molecule has 2 heterocycles. The van der Waals surface area contributed by atoms with Crippen LogP contribution in [0.4, 0.5) is 0 Å². The maximum atomic E-state index is 6.18. The van der Waals surface area contributed by atoms with Crippen LogP contribution in [0.15, 0.2) is 19.7 Å². The summed E-state index contributed by atoms with van der Waals surface area (Å²) in [4.78, 5) is 8.96. The molecule has 0 saturated heterocycles. The van der Waals surface area contributed by atoms with Crippen molar-refractivity contribution < 1.29 is 0 Å². The Hall–Kier alpha value is 0.0300. The van der Waals surface area contributed by atoms with Crippen molar-refractivity contribution in [2.24, 2.45) is 0 Å². The monoisotopic (exact) mass is 408 g/mol. The summed E-state index contributed by atoms with van der Waals surface area (Å²) >= 11 is 14.7. The zero-order valence-corrected chi connectivity index (χ0v) is 14.8. The van der Waals surface area contributed by atoms with Gasteiger partial charge in [0.05, 0.1) is 14.0 Å². The highest BCUT2D eigenvalue weighted by atomic mass is 79.9. The third-order valence-corrected chi connectivity index (χ3v) is 5.10. The number of halogens is 3. The molecule has 2 aromatic rings. The van der Waals surface area contributed by atoms with Gasteiger partial charge in [-0.2, -0.15) is 0 Å². The standard InChI is InChI=1S/C12H11Br2ClN2S/c1-12(2,3)9-8(14)10(15)17-11(16-9)6-4-7(13)18-5-6/h4-5H,1-3H3. The Bertz CT molecular complexity index is 590. The van der Waals surface area contributed by atoms with Crippen molar-refractivity contribution in [2.45, 2.75) is 26.2 Å². The Kier molecular flexibility index (Phi) is 4.17. The van der Waals surface area contributed by atoms with Crippen LogP contribution >= 0.6 is 54.8 Å². The normalized spacial score (nSPS) is 11.9. The van der Waals surface area contributed by atoms with E-state index in [0.29, 0.717) is 11.0 Å². The van der Waals surface area contributed by atoms with Crippen molar-refractivity contribution in [1.82, 2.24) is 9.97 Å². The van der Waals surface area contributed by atoms with Crippen LogP contribution in [0.1, 0.15) is 26.5 Å². The fourth-order valence-corrected chi connectivity index (χ4v) is 3.55. The van der Waals surface area contributed by atoms with E-state index in [2.05, 4.69) is 62.6 Å².